The number of hydrogen-bond donors (Lipinski definition) is 1. The second-order valence-electron chi connectivity index (χ2n) is 10.2. The summed E-state index contributed by atoms with van der Waals surface area (Å²) in [6.07, 6.45) is 3.17. The zero-order chi connectivity index (χ0) is 22.2. The number of rotatable bonds is 5. The van der Waals surface area contributed by atoms with Crippen LogP contribution in [0.25, 0.3) is 11.1 Å². The van der Waals surface area contributed by atoms with E-state index in [1.165, 1.54) is 12.1 Å². The van der Waals surface area contributed by atoms with E-state index in [1.807, 2.05) is 43.9 Å². The third-order valence-corrected chi connectivity index (χ3v) is 6.21. The quantitative estimate of drug-likeness (QED) is 0.767. The van der Waals surface area contributed by atoms with Crippen molar-refractivity contribution in [2.45, 2.75) is 52.0 Å². The fraction of sp³-hybridized carbons (Fsp3) is 0.462. The minimum atomic E-state index is -0.640. The summed E-state index contributed by atoms with van der Waals surface area (Å²) >= 11 is 0. The molecule has 1 aliphatic heterocycles. The maximum atomic E-state index is 13.4. The van der Waals surface area contributed by atoms with E-state index in [1.54, 1.807) is 12.1 Å². The van der Waals surface area contributed by atoms with Gasteiger partial charge in [-0.3, -0.25) is 9.59 Å². The van der Waals surface area contributed by atoms with E-state index in [0.29, 0.717) is 25.9 Å². The average Bonchev–Trinajstić information content (AvgIpc) is 3.47. The highest BCUT2D eigenvalue weighted by atomic mass is 19.1. The second kappa shape index (κ2) is 8.10. The summed E-state index contributed by atoms with van der Waals surface area (Å²) in [5.41, 5.74) is 2.00. The van der Waals surface area contributed by atoms with Crippen LogP contribution >= 0.6 is 0 Å². The molecule has 2 aliphatic rings. The highest BCUT2D eigenvalue weighted by Gasteiger charge is 2.48. The van der Waals surface area contributed by atoms with Crippen molar-refractivity contribution in [1.82, 2.24) is 10.2 Å². The molecular formula is C26H31FN2O2. The zero-order valence-corrected chi connectivity index (χ0v) is 18.6. The van der Waals surface area contributed by atoms with E-state index in [9.17, 15) is 14.0 Å². The summed E-state index contributed by atoms with van der Waals surface area (Å²) in [4.78, 5) is 28.0. The fourth-order valence-electron chi connectivity index (χ4n) is 4.43. The lowest BCUT2D eigenvalue weighted by Crippen LogP contribution is -2.51. The van der Waals surface area contributed by atoms with Gasteiger partial charge in [0.15, 0.2) is 0 Å². The molecule has 0 unspecified atom stereocenters. The van der Waals surface area contributed by atoms with Crippen LogP contribution in [0.15, 0.2) is 48.5 Å². The van der Waals surface area contributed by atoms with E-state index in [4.69, 9.17) is 0 Å². The molecule has 4 rings (SSSR count). The predicted molar refractivity (Wildman–Crippen MR) is 120 cm³/mol. The molecule has 164 valence electrons. The summed E-state index contributed by atoms with van der Waals surface area (Å²) in [5.74, 6) is 0.108. The number of hydrogen-bond acceptors (Lipinski definition) is 2. The molecule has 1 saturated carbocycles. The lowest BCUT2D eigenvalue weighted by atomic mass is 9.78. The number of nitrogens with one attached hydrogen (secondary N) is 1. The number of benzene rings is 2. The van der Waals surface area contributed by atoms with Gasteiger partial charge in [-0.1, -0.05) is 36.4 Å². The van der Waals surface area contributed by atoms with Crippen LogP contribution in [0, 0.1) is 17.2 Å². The first-order valence-corrected chi connectivity index (χ1v) is 11.1. The van der Waals surface area contributed by atoms with Gasteiger partial charge in [0.2, 0.25) is 11.8 Å². The van der Waals surface area contributed by atoms with E-state index in [0.717, 1.165) is 29.5 Å². The Balaban J connectivity index is 1.60. The Kier molecular flexibility index (Phi) is 5.63. The van der Waals surface area contributed by atoms with Gasteiger partial charge in [-0.05, 0) is 75.3 Å². The van der Waals surface area contributed by atoms with Crippen LogP contribution in [0.5, 0.6) is 0 Å². The molecule has 1 atom stereocenters. The molecule has 1 N–H and O–H groups in total. The van der Waals surface area contributed by atoms with Crippen molar-refractivity contribution < 1.29 is 14.0 Å². The van der Waals surface area contributed by atoms with Crippen LogP contribution in [0.1, 0.15) is 45.6 Å². The van der Waals surface area contributed by atoms with Gasteiger partial charge in [0.25, 0.3) is 0 Å². The highest BCUT2D eigenvalue weighted by molar-refractivity contribution is 5.87. The summed E-state index contributed by atoms with van der Waals surface area (Å²) < 4.78 is 13.3. The summed E-state index contributed by atoms with van der Waals surface area (Å²) in [6, 6.07) is 14.5. The predicted octanol–water partition coefficient (Wildman–Crippen LogP) is 4.58. The first-order chi connectivity index (χ1) is 14.7. The summed E-state index contributed by atoms with van der Waals surface area (Å²) in [7, 11) is 0. The molecule has 0 spiro atoms. The smallest absolute Gasteiger partial charge is 0.228 e. The first-order valence-electron chi connectivity index (χ1n) is 11.1. The maximum Gasteiger partial charge on any atom is 0.228 e. The van der Waals surface area contributed by atoms with Gasteiger partial charge in [0.1, 0.15) is 5.82 Å². The number of carbonyl (C=O) groups is 2. The molecule has 2 amide bonds. The Morgan fingerprint density at radius 1 is 1.10 bits per heavy atom. The van der Waals surface area contributed by atoms with Gasteiger partial charge in [0, 0.05) is 24.5 Å². The number of amides is 2. The van der Waals surface area contributed by atoms with Crippen molar-refractivity contribution in [3.05, 3.63) is 59.9 Å². The lowest BCUT2D eigenvalue weighted by molar-refractivity contribution is -0.134. The number of nitrogens with zero attached hydrogens (tertiary/aromatic N) is 1. The molecule has 1 aliphatic carbocycles. The van der Waals surface area contributed by atoms with Crippen molar-refractivity contribution in [2.24, 2.45) is 11.3 Å². The molecule has 0 aromatic heterocycles. The molecule has 1 saturated heterocycles. The second-order valence-corrected chi connectivity index (χ2v) is 10.2. The molecule has 2 aromatic rings. The van der Waals surface area contributed by atoms with Gasteiger partial charge in [-0.25, -0.2) is 4.39 Å². The van der Waals surface area contributed by atoms with Crippen LogP contribution in [0.4, 0.5) is 4.39 Å². The van der Waals surface area contributed by atoms with Gasteiger partial charge in [0.05, 0.1) is 5.41 Å². The molecule has 2 aromatic carbocycles. The highest BCUT2D eigenvalue weighted by Crippen LogP contribution is 2.39. The Morgan fingerprint density at radius 3 is 2.45 bits per heavy atom. The molecule has 2 fully saturated rings. The van der Waals surface area contributed by atoms with E-state index >= 15 is 0 Å². The monoisotopic (exact) mass is 422 g/mol. The van der Waals surface area contributed by atoms with Crippen molar-refractivity contribution >= 4 is 11.8 Å². The Bertz CT molecular complexity index is 976. The zero-order valence-electron chi connectivity index (χ0n) is 18.6. The number of carbonyl (C=O) groups excluding carboxylic acids is 2. The molecule has 31 heavy (non-hydrogen) atoms. The number of halogens is 1. The third-order valence-electron chi connectivity index (χ3n) is 6.21. The molecule has 0 radical (unpaired) electrons. The largest absolute Gasteiger partial charge is 0.351 e. The SMILES string of the molecule is CC(C)(C)NC(=O)[C@@]1(Cc2cccc(-c3ccc(F)cc3)c2)CCN(C(=O)C2CC2)C1. The third kappa shape index (κ3) is 4.97. The Morgan fingerprint density at radius 2 is 1.81 bits per heavy atom. The van der Waals surface area contributed by atoms with E-state index in [2.05, 4.69) is 11.4 Å². The van der Waals surface area contributed by atoms with Crippen LogP contribution in [0.3, 0.4) is 0 Å². The minimum Gasteiger partial charge on any atom is -0.351 e. The van der Waals surface area contributed by atoms with Crippen molar-refractivity contribution in [2.75, 3.05) is 13.1 Å². The van der Waals surface area contributed by atoms with Crippen molar-refractivity contribution in [1.29, 1.82) is 0 Å². The van der Waals surface area contributed by atoms with Gasteiger partial charge in [-0.15, -0.1) is 0 Å². The number of likely N-dealkylation sites (tertiary alicyclic amines) is 1. The molecule has 5 heteroatoms. The first kappa shape index (κ1) is 21.5. The minimum absolute atomic E-state index is 0.0123. The van der Waals surface area contributed by atoms with E-state index in [-0.39, 0.29) is 29.1 Å². The normalized spacial score (nSPS) is 21.2. The van der Waals surface area contributed by atoms with Crippen molar-refractivity contribution in [3.8, 4) is 11.1 Å². The Labute approximate surface area is 183 Å². The molecular weight excluding hydrogens is 391 g/mol. The van der Waals surface area contributed by atoms with Crippen LogP contribution in [-0.4, -0.2) is 35.3 Å². The standard InChI is InChI=1S/C26H31FN2O2/c1-25(2,3)28-24(31)26(13-14-29(17-26)23(30)20-7-8-20)16-18-5-4-6-21(15-18)19-9-11-22(27)12-10-19/h4-6,9-12,15,20H,7-8,13-14,16-17H2,1-3H3,(H,28,31)/t26-/m1/s1. The van der Waals surface area contributed by atoms with Gasteiger partial charge < -0.3 is 10.2 Å². The summed E-state index contributed by atoms with van der Waals surface area (Å²) in [5, 5.41) is 3.16. The molecule has 0 bridgehead atoms. The van der Waals surface area contributed by atoms with Gasteiger partial charge in [-0.2, -0.15) is 0 Å². The van der Waals surface area contributed by atoms with Crippen LogP contribution < -0.4 is 5.32 Å². The fourth-order valence-corrected chi connectivity index (χ4v) is 4.43. The van der Waals surface area contributed by atoms with Crippen LogP contribution in [0.2, 0.25) is 0 Å². The lowest BCUT2D eigenvalue weighted by Gasteiger charge is -2.32. The topological polar surface area (TPSA) is 49.4 Å². The molecule has 1 heterocycles. The van der Waals surface area contributed by atoms with Crippen LogP contribution in [-0.2, 0) is 16.0 Å². The van der Waals surface area contributed by atoms with Crippen molar-refractivity contribution in [3.63, 3.8) is 0 Å². The molecule has 4 nitrogen and oxygen atoms in total. The average molecular weight is 423 g/mol. The van der Waals surface area contributed by atoms with E-state index < -0.39 is 5.41 Å². The Hall–Kier alpha value is -2.69. The summed E-state index contributed by atoms with van der Waals surface area (Å²) in [6.45, 7) is 7.04. The maximum absolute atomic E-state index is 13.4. The van der Waals surface area contributed by atoms with Gasteiger partial charge >= 0.3 is 0 Å².